The van der Waals surface area contributed by atoms with Crippen LogP contribution in [-0.2, 0) is 9.59 Å². The number of piperidine rings is 2. The molecule has 4 aliphatic rings. The maximum Gasteiger partial charge on any atom is 0.249 e. The molecule has 4 unspecified atom stereocenters. The highest BCUT2D eigenvalue weighted by Gasteiger charge is 2.66. The average molecular weight is 314 g/mol. The van der Waals surface area contributed by atoms with E-state index in [1.54, 1.807) is 23.5 Å². The second kappa shape index (κ2) is 4.83. The van der Waals surface area contributed by atoms with E-state index < -0.39 is 0 Å². The Balaban J connectivity index is 0.000000131. The highest BCUT2D eigenvalue weighted by Crippen LogP contribution is 2.60. The van der Waals surface area contributed by atoms with Crippen molar-refractivity contribution in [1.82, 2.24) is 9.80 Å². The lowest BCUT2D eigenvalue weighted by atomic mass is 10.3. The van der Waals surface area contributed by atoms with Gasteiger partial charge in [0.25, 0.3) is 0 Å². The van der Waals surface area contributed by atoms with Gasteiger partial charge in [-0.05, 0) is 31.3 Å². The van der Waals surface area contributed by atoms with Gasteiger partial charge in [-0.3, -0.25) is 9.59 Å². The molecule has 0 aromatic carbocycles. The minimum absolute atomic E-state index is 0.139. The lowest BCUT2D eigenvalue weighted by Gasteiger charge is -2.26. The Labute approximate surface area is 129 Å². The summed E-state index contributed by atoms with van der Waals surface area (Å²) in [6.45, 7) is 0. The number of fused-ring (bicyclic) bond motifs is 2. The Bertz CT molecular complexity index is 452. The van der Waals surface area contributed by atoms with Crippen LogP contribution in [-0.4, -0.2) is 64.4 Å². The van der Waals surface area contributed by atoms with E-state index in [-0.39, 0.29) is 4.08 Å². The van der Waals surface area contributed by atoms with Gasteiger partial charge >= 0.3 is 0 Å². The first kappa shape index (κ1) is 14.6. The number of amides is 2. The standard InChI is InChI=1S/C8H13NOS2.C6H9NO/c1-9-6-4-5(6)8(11-2,12-3)7(9)10;1-7-5-2-4(5)3-6(7)8/h5-6H,4H2,1-3H3;4-5H,2-3H2,1H3. The van der Waals surface area contributed by atoms with E-state index in [0.717, 1.165) is 12.3 Å². The van der Waals surface area contributed by atoms with Crippen molar-refractivity contribution in [3.05, 3.63) is 0 Å². The molecule has 0 spiro atoms. The molecule has 20 heavy (non-hydrogen) atoms. The van der Waals surface area contributed by atoms with Crippen molar-refractivity contribution in [3.8, 4) is 0 Å². The fraction of sp³-hybridized carbons (Fsp3) is 0.857. The predicted octanol–water partition coefficient (Wildman–Crippen LogP) is 1.51. The Kier molecular flexibility index (Phi) is 3.52. The summed E-state index contributed by atoms with van der Waals surface area (Å²) in [6.07, 6.45) is 7.39. The lowest BCUT2D eigenvalue weighted by molar-refractivity contribution is -0.128. The van der Waals surface area contributed by atoms with Crippen LogP contribution in [0.25, 0.3) is 0 Å². The molecule has 0 aromatic rings. The van der Waals surface area contributed by atoms with E-state index in [1.165, 1.54) is 12.8 Å². The van der Waals surface area contributed by atoms with Crippen molar-refractivity contribution in [1.29, 1.82) is 0 Å². The zero-order valence-corrected chi connectivity index (χ0v) is 14.1. The highest BCUT2D eigenvalue weighted by atomic mass is 32.2. The number of thioether (sulfide) groups is 2. The van der Waals surface area contributed by atoms with Gasteiger partial charge in [-0.15, -0.1) is 23.5 Å². The smallest absolute Gasteiger partial charge is 0.249 e. The van der Waals surface area contributed by atoms with E-state index in [9.17, 15) is 9.59 Å². The Morgan fingerprint density at radius 2 is 1.70 bits per heavy atom. The number of hydrogen-bond acceptors (Lipinski definition) is 4. The molecule has 4 rings (SSSR count). The summed E-state index contributed by atoms with van der Waals surface area (Å²) in [7, 11) is 3.83. The Morgan fingerprint density at radius 3 is 1.95 bits per heavy atom. The zero-order valence-electron chi connectivity index (χ0n) is 12.5. The van der Waals surface area contributed by atoms with Gasteiger partial charge in [0.1, 0.15) is 4.08 Å². The van der Waals surface area contributed by atoms with Gasteiger partial charge in [0.2, 0.25) is 11.8 Å². The first-order valence-electron chi connectivity index (χ1n) is 7.09. The number of hydrogen-bond donors (Lipinski definition) is 0. The zero-order chi connectivity index (χ0) is 14.7. The number of nitrogens with zero attached hydrogens (tertiary/aromatic N) is 2. The van der Waals surface area contributed by atoms with Gasteiger partial charge < -0.3 is 9.80 Å². The molecule has 6 heteroatoms. The van der Waals surface area contributed by atoms with Crippen molar-refractivity contribution in [3.63, 3.8) is 0 Å². The third-order valence-corrected chi connectivity index (χ3v) is 8.35. The SMILES string of the molecule is CN1C(=O)CC2CC21.CSC1(SC)C(=O)N(C)C2CC21. The van der Waals surface area contributed by atoms with Crippen LogP contribution in [0, 0.1) is 11.8 Å². The van der Waals surface area contributed by atoms with Crippen LogP contribution in [0.3, 0.4) is 0 Å². The van der Waals surface area contributed by atoms with Crippen LogP contribution in [0.1, 0.15) is 19.3 Å². The Hall–Kier alpha value is -0.360. The third-order valence-electron chi connectivity index (χ3n) is 5.18. The topological polar surface area (TPSA) is 40.6 Å². The van der Waals surface area contributed by atoms with Crippen LogP contribution in [0.15, 0.2) is 0 Å². The molecule has 2 amide bonds. The summed E-state index contributed by atoms with van der Waals surface area (Å²) in [6, 6.07) is 1.19. The third kappa shape index (κ3) is 1.98. The number of likely N-dealkylation sites (tertiary alicyclic amines) is 2. The second-order valence-corrected chi connectivity index (χ2v) is 8.54. The van der Waals surface area contributed by atoms with Crippen LogP contribution >= 0.6 is 23.5 Å². The fourth-order valence-electron chi connectivity index (χ4n) is 3.61. The monoisotopic (exact) mass is 314 g/mol. The summed E-state index contributed by atoms with van der Waals surface area (Å²) in [5.41, 5.74) is 0. The largest absolute Gasteiger partial charge is 0.342 e. The van der Waals surface area contributed by atoms with Gasteiger partial charge in [0.15, 0.2) is 0 Å². The van der Waals surface area contributed by atoms with Crippen molar-refractivity contribution >= 4 is 35.3 Å². The normalized spacial score (nSPS) is 39.2. The molecular weight excluding hydrogens is 292 g/mol. The maximum atomic E-state index is 11.8. The van der Waals surface area contributed by atoms with Gasteiger partial charge in [-0.2, -0.15) is 0 Å². The van der Waals surface area contributed by atoms with E-state index in [0.29, 0.717) is 29.8 Å². The molecule has 0 N–H and O–H groups in total. The molecule has 0 bridgehead atoms. The highest BCUT2D eigenvalue weighted by molar-refractivity contribution is 8.18. The first-order valence-corrected chi connectivity index (χ1v) is 9.54. The molecule has 112 valence electrons. The van der Waals surface area contributed by atoms with Crippen molar-refractivity contribution < 1.29 is 9.59 Å². The van der Waals surface area contributed by atoms with E-state index >= 15 is 0 Å². The molecule has 0 radical (unpaired) electrons. The molecule has 2 saturated carbocycles. The van der Waals surface area contributed by atoms with Crippen molar-refractivity contribution in [2.45, 2.75) is 35.4 Å². The minimum atomic E-state index is -0.139. The summed E-state index contributed by atoms with van der Waals surface area (Å²) in [5.74, 6) is 2.02. The van der Waals surface area contributed by atoms with Gasteiger partial charge in [-0.1, -0.05) is 0 Å². The van der Waals surface area contributed by atoms with E-state index in [1.807, 2.05) is 36.4 Å². The number of carbonyl (C=O) groups is 2. The quantitative estimate of drug-likeness (QED) is 0.725. The van der Waals surface area contributed by atoms with Crippen molar-refractivity contribution in [2.24, 2.45) is 11.8 Å². The summed E-state index contributed by atoms with van der Waals surface area (Å²) >= 11 is 3.43. The van der Waals surface area contributed by atoms with Crippen LogP contribution in [0.4, 0.5) is 0 Å². The molecule has 2 saturated heterocycles. The van der Waals surface area contributed by atoms with Crippen LogP contribution in [0.2, 0.25) is 0 Å². The number of carbonyl (C=O) groups excluding carboxylic acids is 2. The maximum absolute atomic E-state index is 11.8. The minimum Gasteiger partial charge on any atom is -0.342 e. The molecule has 4 nitrogen and oxygen atoms in total. The predicted molar refractivity (Wildman–Crippen MR) is 83.7 cm³/mol. The molecule has 2 aliphatic carbocycles. The van der Waals surface area contributed by atoms with Gasteiger partial charge in [0, 0.05) is 38.5 Å². The second-order valence-electron chi connectivity index (χ2n) is 6.17. The lowest BCUT2D eigenvalue weighted by Crippen LogP contribution is -2.37. The van der Waals surface area contributed by atoms with Crippen LogP contribution < -0.4 is 0 Å². The van der Waals surface area contributed by atoms with Crippen molar-refractivity contribution in [2.75, 3.05) is 26.6 Å². The summed E-state index contributed by atoms with van der Waals surface area (Å²) in [5, 5.41) is 0. The summed E-state index contributed by atoms with van der Waals surface area (Å²) in [4.78, 5) is 26.4. The molecule has 4 atom stereocenters. The van der Waals surface area contributed by atoms with E-state index in [2.05, 4.69) is 0 Å². The number of rotatable bonds is 2. The average Bonchev–Trinajstić information content (AvgIpc) is 3.32. The molecular formula is C14H22N2O2S2. The Morgan fingerprint density at radius 1 is 1.05 bits per heavy atom. The molecule has 2 heterocycles. The molecule has 0 aromatic heterocycles. The van der Waals surface area contributed by atoms with E-state index in [4.69, 9.17) is 0 Å². The fourth-order valence-corrected chi connectivity index (χ4v) is 6.03. The van der Waals surface area contributed by atoms with Gasteiger partial charge in [-0.25, -0.2) is 0 Å². The van der Waals surface area contributed by atoms with Crippen LogP contribution in [0.5, 0.6) is 0 Å². The molecule has 4 fully saturated rings. The van der Waals surface area contributed by atoms with Gasteiger partial charge in [0.05, 0.1) is 0 Å². The summed E-state index contributed by atoms with van der Waals surface area (Å²) < 4.78 is -0.139. The first-order chi connectivity index (χ1) is 9.46. The molecule has 2 aliphatic heterocycles.